The first kappa shape index (κ1) is 9.75. The number of nitrogens with zero attached hydrogens (tertiary/aromatic N) is 1. The summed E-state index contributed by atoms with van der Waals surface area (Å²) in [6.45, 7) is 0. The maximum absolute atomic E-state index is 9.51. The van der Waals surface area contributed by atoms with Crippen LogP contribution in [0.2, 0.25) is 0 Å². The molecule has 0 saturated carbocycles. The molecule has 0 aliphatic heterocycles. The van der Waals surface area contributed by atoms with Gasteiger partial charge in [0.2, 0.25) is 0 Å². The van der Waals surface area contributed by atoms with Crippen molar-refractivity contribution >= 4 is 6.09 Å². The fraction of sp³-hybridized carbons (Fsp3) is 0.667. The Morgan fingerprint density at radius 3 is 1.71 bits per heavy atom. The first-order valence-corrected chi connectivity index (χ1v) is 1.53. The van der Waals surface area contributed by atoms with E-state index in [4.69, 9.17) is 0 Å². The largest absolute Gasteiger partial charge is 1.00 e. The maximum atomic E-state index is 9.51. The highest BCUT2D eigenvalue weighted by Crippen LogP contribution is 1.64. The Morgan fingerprint density at radius 2 is 1.71 bits per heavy atom. The van der Waals surface area contributed by atoms with E-state index >= 15 is 0 Å². The summed E-state index contributed by atoms with van der Waals surface area (Å²) in [6.07, 6.45) is -1.16. The van der Waals surface area contributed by atoms with Gasteiger partial charge in [-0.3, -0.25) is 0 Å². The summed E-state index contributed by atoms with van der Waals surface area (Å²) >= 11 is 0. The molecule has 0 aromatic carbocycles. The standard InChI is InChI=1S/C3H7NO2.ClH/c1-4(2)3(5)6;/h1-2H3,(H,5,6);1H/p-2. The molecular formula is C3H6ClNO2-2. The van der Waals surface area contributed by atoms with E-state index in [0.29, 0.717) is 0 Å². The number of carboxylic acid groups (broad SMARTS) is 1. The summed E-state index contributed by atoms with van der Waals surface area (Å²) in [4.78, 5) is 10.5. The van der Waals surface area contributed by atoms with Crippen molar-refractivity contribution in [3.05, 3.63) is 0 Å². The van der Waals surface area contributed by atoms with Crippen LogP contribution in [-0.4, -0.2) is 25.1 Å². The third-order valence-corrected chi connectivity index (χ3v) is 0.365. The van der Waals surface area contributed by atoms with E-state index < -0.39 is 6.09 Å². The van der Waals surface area contributed by atoms with Crippen molar-refractivity contribution in [3.63, 3.8) is 0 Å². The molecule has 0 aliphatic carbocycles. The van der Waals surface area contributed by atoms with Gasteiger partial charge >= 0.3 is 0 Å². The molecule has 3 nitrogen and oxygen atoms in total. The highest BCUT2D eigenvalue weighted by Gasteiger charge is 1.78. The average molecular weight is 124 g/mol. The van der Waals surface area contributed by atoms with Gasteiger partial charge in [-0.2, -0.15) is 0 Å². The lowest BCUT2D eigenvalue weighted by Crippen LogP contribution is -3.00. The summed E-state index contributed by atoms with van der Waals surface area (Å²) in [6, 6.07) is 0. The van der Waals surface area contributed by atoms with Crippen molar-refractivity contribution in [3.8, 4) is 0 Å². The second-order valence-corrected chi connectivity index (χ2v) is 1.16. The number of halogens is 1. The number of amides is 1. The molecule has 0 saturated heterocycles. The minimum atomic E-state index is -1.16. The number of rotatable bonds is 0. The molecule has 7 heavy (non-hydrogen) atoms. The molecule has 0 aromatic rings. The lowest BCUT2D eigenvalue weighted by atomic mass is 10.9. The SMILES string of the molecule is CN(C)C(=O)[O-].[Cl-]. The molecule has 1 amide bonds. The van der Waals surface area contributed by atoms with E-state index in [-0.39, 0.29) is 12.4 Å². The molecule has 0 spiro atoms. The van der Waals surface area contributed by atoms with Gasteiger partial charge in [0.05, 0.1) is 0 Å². The first-order valence-electron chi connectivity index (χ1n) is 1.53. The summed E-state index contributed by atoms with van der Waals surface area (Å²) in [5.74, 6) is 0. The van der Waals surface area contributed by atoms with Crippen molar-refractivity contribution in [2.75, 3.05) is 14.1 Å². The number of hydrogen-bond acceptors (Lipinski definition) is 2. The predicted octanol–water partition coefficient (Wildman–Crippen LogP) is -4.10. The topological polar surface area (TPSA) is 43.4 Å². The van der Waals surface area contributed by atoms with Gasteiger partial charge in [0.1, 0.15) is 6.09 Å². The quantitative estimate of drug-likeness (QED) is 0.329. The molecular weight excluding hydrogens is 117 g/mol. The molecule has 0 aliphatic rings. The molecule has 4 heteroatoms. The van der Waals surface area contributed by atoms with E-state index in [1.165, 1.54) is 14.1 Å². The van der Waals surface area contributed by atoms with Crippen molar-refractivity contribution in [2.45, 2.75) is 0 Å². The van der Waals surface area contributed by atoms with Gasteiger partial charge in [0, 0.05) is 14.1 Å². The smallest absolute Gasteiger partial charge is 0.136 e. The number of carbonyl (C=O) groups excluding carboxylic acids is 1. The summed E-state index contributed by atoms with van der Waals surface area (Å²) in [5.41, 5.74) is 0. The van der Waals surface area contributed by atoms with Gasteiger partial charge < -0.3 is 27.2 Å². The molecule has 0 unspecified atom stereocenters. The fourth-order valence-electron chi connectivity index (χ4n) is 0. The summed E-state index contributed by atoms with van der Waals surface area (Å²) in [5, 5.41) is 9.51. The number of hydrogen-bond donors (Lipinski definition) is 0. The van der Waals surface area contributed by atoms with Gasteiger partial charge in [-0.05, 0) is 0 Å². The van der Waals surface area contributed by atoms with Crippen molar-refractivity contribution in [2.24, 2.45) is 0 Å². The van der Waals surface area contributed by atoms with Crippen LogP contribution in [0.25, 0.3) is 0 Å². The van der Waals surface area contributed by atoms with Crippen LogP contribution in [-0.2, 0) is 0 Å². The van der Waals surface area contributed by atoms with Gasteiger partial charge in [-0.15, -0.1) is 0 Å². The number of carbonyl (C=O) groups is 1. The van der Waals surface area contributed by atoms with Gasteiger partial charge in [0.15, 0.2) is 0 Å². The molecule has 0 bridgehead atoms. The first-order chi connectivity index (χ1) is 2.64. The van der Waals surface area contributed by atoms with Crippen LogP contribution in [0, 0.1) is 0 Å². The Kier molecular flexibility index (Phi) is 5.21. The van der Waals surface area contributed by atoms with E-state index in [1.807, 2.05) is 0 Å². The third kappa shape index (κ3) is 5.56. The predicted molar refractivity (Wildman–Crippen MR) is 19.1 cm³/mol. The van der Waals surface area contributed by atoms with Crippen molar-refractivity contribution < 1.29 is 22.3 Å². The van der Waals surface area contributed by atoms with Crippen molar-refractivity contribution in [1.29, 1.82) is 0 Å². The van der Waals surface area contributed by atoms with Crippen LogP contribution in [0.1, 0.15) is 0 Å². The molecule has 44 valence electrons. The Labute approximate surface area is 48.3 Å². The fourth-order valence-corrected chi connectivity index (χ4v) is 0. The lowest BCUT2D eigenvalue weighted by molar-refractivity contribution is -0.262. The molecule has 0 N–H and O–H groups in total. The molecule has 0 fully saturated rings. The minimum Gasteiger partial charge on any atom is -1.00 e. The molecule has 0 rings (SSSR count). The zero-order valence-corrected chi connectivity index (χ0v) is 4.90. The Hall–Kier alpha value is -0.440. The average Bonchev–Trinajstić information content (AvgIpc) is 1.36. The van der Waals surface area contributed by atoms with Crippen LogP contribution < -0.4 is 17.5 Å². The minimum absolute atomic E-state index is 0. The summed E-state index contributed by atoms with van der Waals surface area (Å²) < 4.78 is 0. The Bertz CT molecular complexity index is 64.0. The van der Waals surface area contributed by atoms with Gasteiger partial charge in [-0.25, -0.2) is 0 Å². The summed E-state index contributed by atoms with van der Waals surface area (Å²) in [7, 11) is 2.82. The van der Waals surface area contributed by atoms with Crippen LogP contribution in [0.3, 0.4) is 0 Å². The maximum Gasteiger partial charge on any atom is 0.136 e. The third-order valence-electron chi connectivity index (χ3n) is 0.365. The van der Waals surface area contributed by atoms with E-state index in [9.17, 15) is 9.90 Å². The second-order valence-electron chi connectivity index (χ2n) is 1.16. The Balaban J connectivity index is 0. The molecule has 0 atom stereocenters. The molecule has 0 aromatic heterocycles. The van der Waals surface area contributed by atoms with E-state index in [2.05, 4.69) is 0 Å². The zero-order chi connectivity index (χ0) is 5.15. The highest BCUT2D eigenvalue weighted by atomic mass is 35.5. The Morgan fingerprint density at radius 1 is 1.57 bits per heavy atom. The molecule has 0 radical (unpaired) electrons. The monoisotopic (exact) mass is 123 g/mol. The van der Waals surface area contributed by atoms with Crippen LogP contribution in [0.4, 0.5) is 4.79 Å². The van der Waals surface area contributed by atoms with E-state index in [1.54, 1.807) is 0 Å². The van der Waals surface area contributed by atoms with Crippen LogP contribution in [0.15, 0.2) is 0 Å². The highest BCUT2D eigenvalue weighted by molar-refractivity contribution is 5.61. The normalized spacial score (nSPS) is 6.57. The molecule has 0 heterocycles. The van der Waals surface area contributed by atoms with Gasteiger partial charge in [0.25, 0.3) is 0 Å². The van der Waals surface area contributed by atoms with Crippen LogP contribution >= 0.6 is 0 Å². The van der Waals surface area contributed by atoms with E-state index in [0.717, 1.165) is 4.90 Å². The van der Waals surface area contributed by atoms with Gasteiger partial charge in [-0.1, -0.05) is 0 Å². The lowest BCUT2D eigenvalue weighted by Gasteiger charge is -2.10. The van der Waals surface area contributed by atoms with Crippen molar-refractivity contribution in [1.82, 2.24) is 4.90 Å². The van der Waals surface area contributed by atoms with Crippen LogP contribution in [0.5, 0.6) is 0 Å². The zero-order valence-electron chi connectivity index (χ0n) is 4.14. The second kappa shape index (κ2) is 3.74.